The van der Waals surface area contributed by atoms with E-state index in [-0.39, 0.29) is 18.6 Å². The van der Waals surface area contributed by atoms with Crippen molar-refractivity contribution in [1.82, 2.24) is 4.57 Å². The summed E-state index contributed by atoms with van der Waals surface area (Å²) >= 11 is 6.20. The van der Waals surface area contributed by atoms with Crippen LogP contribution in [0.25, 0.3) is 10.9 Å². The van der Waals surface area contributed by atoms with Gasteiger partial charge in [-0.1, -0.05) is 41.9 Å². The van der Waals surface area contributed by atoms with Crippen LogP contribution >= 0.6 is 11.6 Å². The van der Waals surface area contributed by atoms with E-state index in [1.807, 2.05) is 31.3 Å². The smallest absolute Gasteiger partial charge is 0.303 e. The van der Waals surface area contributed by atoms with Gasteiger partial charge in [0.1, 0.15) is 0 Å². The minimum Gasteiger partial charge on any atom is -0.481 e. The van der Waals surface area contributed by atoms with Gasteiger partial charge in [0.2, 0.25) is 0 Å². The highest BCUT2D eigenvalue weighted by Gasteiger charge is 2.21. The largest absolute Gasteiger partial charge is 0.481 e. The van der Waals surface area contributed by atoms with E-state index >= 15 is 0 Å². The molecule has 5 heteroatoms. The van der Waals surface area contributed by atoms with Crippen LogP contribution in [0, 0.1) is 0 Å². The van der Waals surface area contributed by atoms with Gasteiger partial charge in [-0.3, -0.25) is 9.59 Å². The molecular weight excluding hydrogens is 386 g/mol. The first-order valence-corrected chi connectivity index (χ1v) is 10.4. The molecule has 3 aromatic rings. The zero-order chi connectivity index (χ0) is 20.8. The van der Waals surface area contributed by atoms with E-state index in [2.05, 4.69) is 28.8 Å². The van der Waals surface area contributed by atoms with E-state index in [0.29, 0.717) is 17.0 Å². The molecule has 0 bridgehead atoms. The van der Waals surface area contributed by atoms with Gasteiger partial charge < -0.3 is 9.67 Å². The summed E-state index contributed by atoms with van der Waals surface area (Å²) in [6, 6.07) is 16.0. The number of nitrogens with zero attached hydrogens (tertiary/aromatic N) is 1. The van der Waals surface area contributed by atoms with Crippen LogP contribution in [0.3, 0.4) is 0 Å². The number of Topliss-reactive ketones (excluding diaryl/α,β-unsaturated/α-hetero) is 1. The van der Waals surface area contributed by atoms with E-state index in [9.17, 15) is 9.59 Å². The lowest BCUT2D eigenvalue weighted by Crippen LogP contribution is -2.07. The third kappa shape index (κ3) is 5.27. The van der Waals surface area contributed by atoms with Crippen molar-refractivity contribution in [2.24, 2.45) is 7.05 Å². The van der Waals surface area contributed by atoms with Crippen molar-refractivity contribution in [3.63, 3.8) is 0 Å². The Labute approximate surface area is 176 Å². The average molecular weight is 412 g/mol. The number of rotatable bonds is 10. The zero-order valence-electron chi connectivity index (χ0n) is 16.7. The molecule has 0 saturated carbocycles. The summed E-state index contributed by atoms with van der Waals surface area (Å²) in [5, 5.41) is 10.3. The summed E-state index contributed by atoms with van der Waals surface area (Å²) in [5.74, 6) is -0.878. The number of aryl methyl sites for hydroxylation is 2. The number of ketones is 1. The van der Waals surface area contributed by atoms with Gasteiger partial charge in [0.25, 0.3) is 0 Å². The highest BCUT2D eigenvalue weighted by Crippen LogP contribution is 2.30. The number of hydrogen-bond donors (Lipinski definition) is 1. The van der Waals surface area contributed by atoms with Gasteiger partial charge in [-0.2, -0.15) is 0 Å². The van der Waals surface area contributed by atoms with Crippen LogP contribution in [0.15, 0.2) is 48.5 Å². The fraction of sp³-hybridized carbons (Fsp3) is 0.333. The van der Waals surface area contributed by atoms with Gasteiger partial charge in [0.15, 0.2) is 5.78 Å². The summed E-state index contributed by atoms with van der Waals surface area (Å²) in [6.45, 7) is 0. The van der Waals surface area contributed by atoms with Gasteiger partial charge >= 0.3 is 5.97 Å². The van der Waals surface area contributed by atoms with Crippen LogP contribution in [0.1, 0.15) is 53.7 Å². The Morgan fingerprint density at radius 2 is 1.69 bits per heavy atom. The number of carboxylic acid groups (broad SMARTS) is 1. The van der Waals surface area contributed by atoms with Crippen LogP contribution in [-0.4, -0.2) is 21.4 Å². The van der Waals surface area contributed by atoms with Crippen LogP contribution in [0.5, 0.6) is 0 Å². The lowest BCUT2D eigenvalue weighted by Gasteiger charge is -2.08. The molecule has 0 radical (unpaired) electrons. The Hall–Kier alpha value is -2.59. The molecule has 2 aromatic carbocycles. The second-order valence-corrected chi connectivity index (χ2v) is 7.84. The van der Waals surface area contributed by atoms with Crippen LogP contribution < -0.4 is 0 Å². The standard InChI is InChI=1S/C24H26ClNO3/c1-26-20-15-14-18(25)16-19(20)24(22(27)12-7-13-23(28)29)21(26)11-6-5-10-17-8-3-2-4-9-17/h2-4,8-9,14-16H,5-7,10-13H2,1H3,(H,28,29). The first-order valence-electron chi connectivity index (χ1n) is 10.0. The SMILES string of the molecule is Cn1c(CCCCc2ccccc2)c(C(=O)CCCC(=O)O)c2cc(Cl)ccc21. The molecule has 1 N–H and O–H groups in total. The summed E-state index contributed by atoms with van der Waals surface area (Å²) in [5.41, 5.74) is 4.01. The summed E-state index contributed by atoms with van der Waals surface area (Å²) in [6.07, 6.45) is 4.41. The fourth-order valence-corrected chi connectivity index (χ4v) is 4.04. The Morgan fingerprint density at radius 1 is 0.966 bits per heavy atom. The maximum atomic E-state index is 13.0. The van der Waals surface area contributed by atoms with Crippen molar-refractivity contribution in [3.05, 3.63) is 70.4 Å². The van der Waals surface area contributed by atoms with Gasteiger partial charge in [-0.05, 0) is 55.9 Å². The number of carbonyl (C=O) groups is 2. The third-order valence-corrected chi connectivity index (χ3v) is 5.56. The van der Waals surface area contributed by atoms with Crippen molar-refractivity contribution < 1.29 is 14.7 Å². The number of aliphatic carboxylic acids is 1. The van der Waals surface area contributed by atoms with Crippen LogP contribution in [0.4, 0.5) is 0 Å². The normalized spacial score (nSPS) is 11.1. The first kappa shape index (κ1) is 21.1. The highest BCUT2D eigenvalue weighted by molar-refractivity contribution is 6.31. The minimum atomic E-state index is -0.875. The lowest BCUT2D eigenvalue weighted by atomic mass is 9.98. The Bertz CT molecular complexity index is 1010. The van der Waals surface area contributed by atoms with Crippen molar-refractivity contribution in [2.75, 3.05) is 0 Å². The number of fused-ring (bicyclic) bond motifs is 1. The Kier molecular flexibility index (Phi) is 7.10. The predicted molar refractivity (Wildman–Crippen MR) is 117 cm³/mol. The molecule has 0 aliphatic rings. The van der Waals surface area contributed by atoms with E-state index in [0.717, 1.165) is 42.3 Å². The first-order chi connectivity index (χ1) is 14.0. The molecule has 0 aliphatic carbocycles. The molecule has 1 heterocycles. The number of unbranched alkanes of at least 4 members (excludes halogenated alkanes) is 1. The minimum absolute atomic E-state index is 0.00261. The number of halogens is 1. The maximum Gasteiger partial charge on any atom is 0.303 e. The number of benzene rings is 2. The molecular formula is C24H26ClNO3. The molecule has 1 aromatic heterocycles. The molecule has 3 rings (SSSR count). The molecule has 29 heavy (non-hydrogen) atoms. The van der Waals surface area contributed by atoms with E-state index in [4.69, 9.17) is 16.7 Å². The van der Waals surface area contributed by atoms with Crippen molar-refractivity contribution >= 4 is 34.3 Å². The number of aromatic nitrogens is 1. The number of carboxylic acids is 1. The molecule has 0 spiro atoms. The monoisotopic (exact) mass is 411 g/mol. The maximum absolute atomic E-state index is 13.0. The Morgan fingerprint density at radius 3 is 2.41 bits per heavy atom. The topological polar surface area (TPSA) is 59.3 Å². The van der Waals surface area contributed by atoms with Crippen molar-refractivity contribution in [2.45, 2.75) is 44.9 Å². The fourth-order valence-electron chi connectivity index (χ4n) is 3.86. The molecule has 0 amide bonds. The van der Waals surface area contributed by atoms with Gasteiger partial charge in [-0.25, -0.2) is 0 Å². The molecule has 0 unspecified atom stereocenters. The van der Waals surface area contributed by atoms with Crippen molar-refractivity contribution in [1.29, 1.82) is 0 Å². The second-order valence-electron chi connectivity index (χ2n) is 7.41. The zero-order valence-corrected chi connectivity index (χ0v) is 17.4. The van der Waals surface area contributed by atoms with E-state index < -0.39 is 5.97 Å². The molecule has 0 saturated heterocycles. The number of hydrogen-bond acceptors (Lipinski definition) is 2. The summed E-state index contributed by atoms with van der Waals surface area (Å²) in [7, 11) is 1.98. The molecule has 152 valence electrons. The van der Waals surface area contributed by atoms with Crippen LogP contribution in [0.2, 0.25) is 5.02 Å². The molecule has 0 aliphatic heterocycles. The molecule has 4 nitrogen and oxygen atoms in total. The lowest BCUT2D eigenvalue weighted by molar-refractivity contribution is -0.137. The van der Waals surface area contributed by atoms with Gasteiger partial charge in [0, 0.05) is 47.1 Å². The van der Waals surface area contributed by atoms with E-state index in [1.54, 1.807) is 0 Å². The molecule has 0 atom stereocenters. The highest BCUT2D eigenvalue weighted by atomic mass is 35.5. The quantitative estimate of drug-likeness (QED) is 0.337. The third-order valence-electron chi connectivity index (χ3n) is 5.33. The summed E-state index contributed by atoms with van der Waals surface area (Å²) < 4.78 is 2.08. The molecule has 0 fully saturated rings. The van der Waals surface area contributed by atoms with Crippen molar-refractivity contribution in [3.8, 4) is 0 Å². The van der Waals surface area contributed by atoms with Gasteiger partial charge in [0.05, 0.1) is 0 Å². The number of carbonyl (C=O) groups excluding carboxylic acids is 1. The van der Waals surface area contributed by atoms with Gasteiger partial charge in [-0.15, -0.1) is 0 Å². The second kappa shape index (κ2) is 9.75. The average Bonchev–Trinajstić information content (AvgIpc) is 2.97. The predicted octanol–water partition coefficient (Wildman–Crippen LogP) is 5.83. The Balaban J connectivity index is 1.79. The summed E-state index contributed by atoms with van der Waals surface area (Å²) in [4.78, 5) is 23.8. The van der Waals surface area contributed by atoms with E-state index in [1.165, 1.54) is 5.56 Å². The van der Waals surface area contributed by atoms with Crippen LogP contribution in [-0.2, 0) is 24.7 Å².